The number of rotatable bonds is 2. The molecule has 0 fully saturated rings. The quantitative estimate of drug-likeness (QED) is 0.864. The third kappa shape index (κ3) is 2.43. The Bertz CT molecular complexity index is 433. The van der Waals surface area contributed by atoms with E-state index in [1.165, 1.54) is 25.3 Å². The smallest absolute Gasteiger partial charge is 0.414 e. The number of carbonyl (C=O) groups excluding carboxylic acids is 1. The van der Waals surface area contributed by atoms with E-state index < -0.39 is 12.0 Å². The van der Waals surface area contributed by atoms with Gasteiger partial charge in [-0.1, -0.05) is 11.6 Å². The molecule has 5 nitrogen and oxygen atoms in total. The van der Waals surface area contributed by atoms with Crippen LogP contribution in [0.2, 0.25) is 5.02 Å². The van der Waals surface area contributed by atoms with Gasteiger partial charge in [-0.25, -0.2) is 9.69 Å². The zero-order valence-electron chi connectivity index (χ0n) is 8.73. The van der Waals surface area contributed by atoms with Gasteiger partial charge in [0.1, 0.15) is 5.75 Å². The van der Waals surface area contributed by atoms with Gasteiger partial charge in [0.05, 0.1) is 17.7 Å². The first-order chi connectivity index (χ1) is 7.47. The number of nitrogens with zero attached hydrogens (tertiary/aromatic N) is 1. The molecule has 0 atom stereocenters. The molecule has 86 valence electrons. The maximum Gasteiger partial charge on any atom is 0.414 e. The first-order valence-corrected chi connectivity index (χ1v) is 4.69. The van der Waals surface area contributed by atoms with Crippen molar-refractivity contribution in [3.63, 3.8) is 0 Å². The van der Waals surface area contributed by atoms with E-state index in [0.29, 0.717) is 10.6 Å². The second kappa shape index (κ2) is 4.85. The normalized spacial score (nSPS) is 9.69. The number of imide groups is 1. The second-order valence-corrected chi connectivity index (χ2v) is 3.40. The summed E-state index contributed by atoms with van der Waals surface area (Å²) in [4.78, 5) is 22.8. The molecule has 0 heterocycles. The van der Waals surface area contributed by atoms with Crippen LogP contribution in [0.1, 0.15) is 10.4 Å². The van der Waals surface area contributed by atoms with E-state index in [-0.39, 0.29) is 10.6 Å². The van der Waals surface area contributed by atoms with E-state index in [1.807, 2.05) is 0 Å². The standard InChI is InChI=1S/C10H10ClNO4/c1-12(10(14)15)9(13)7-4-3-6(16-2)5-8(7)11/h3-5H,1-2H3,(H,14,15). The van der Waals surface area contributed by atoms with Gasteiger partial charge in [0.2, 0.25) is 0 Å². The number of carbonyl (C=O) groups is 2. The highest BCUT2D eigenvalue weighted by Crippen LogP contribution is 2.23. The van der Waals surface area contributed by atoms with Gasteiger partial charge < -0.3 is 9.84 Å². The Morgan fingerprint density at radius 1 is 1.44 bits per heavy atom. The maximum absolute atomic E-state index is 11.6. The molecular weight excluding hydrogens is 234 g/mol. The van der Waals surface area contributed by atoms with E-state index in [9.17, 15) is 9.59 Å². The SMILES string of the molecule is COc1ccc(C(=O)N(C)C(=O)O)c(Cl)c1. The molecule has 0 aromatic heterocycles. The average molecular weight is 244 g/mol. The molecule has 6 heteroatoms. The van der Waals surface area contributed by atoms with E-state index in [2.05, 4.69) is 0 Å². The molecule has 0 unspecified atom stereocenters. The molecule has 0 radical (unpaired) electrons. The Balaban J connectivity index is 3.05. The minimum Gasteiger partial charge on any atom is -0.497 e. The van der Waals surface area contributed by atoms with Crippen LogP contribution >= 0.6 is 11.6 Å². The molecule has 1 aromatic rings. The lowest BCUT2D eigenvalue weighted by atomic mass is 10.2. The number of benzene rings is 1. The van der Waals surface area contributed by atoms with E-state index in [4.69, 9.17) is 21.4 Å². The van der Waals surface area contributed by atoms with Gasteiger partial charge >= 0.3 is 6.09 Å². The van der Waals surface area contributed by atoms with Crippen LogP contribution in [0.25, 0.3) is 0 Å². The Labute approximate surface area is 97.2 Å². The number of carboxylic acid groups (broad SMARTS) is 1. The molecule has 0 aliphatic heterocycles. The lowest BCUT2D eigenvalue weighted by Crippen LogP contribution is -2.31. The van der Waals surface area contributed by atoms with Crippen LogP contribution in [0.4, 0.5) is 4.79 Å². The van der Waals surface area contributed by atoms with Crippen molar-refractivity contribution in [2.75, 3.05) is 14.2 Å². The van der Waals surface area contributed by atoms with Crippen molar-refractivity contribution in [1.82, 2.24) is 4.90 Å². The van der Waals surface area contributed by atoms with Crippen molar-refractivity contribution in [3.8, 4) is 5.75 Å². The predicted octanol–water partition coefficient (Wildman–Crippen LogP) is 2.10. The molecule has 0 saturated carbocycles. The Hall–Kier alpha value is -1.75. The molecule has 0 bridgehead atoms. The van der Waals surface area contributed by atoms with E-state index in [0.717, 1.165) is 7.05 Å². The van der Waals surface area contributed by atoms with Crippen molar-refractivity contribution in [2.45, 2.75) is 0 Å². The van der Waals surface area contributed by atoms with Gasteiger partial charge in [0.15, 0.2) is 0 Å². The first-order valence-electron chi connectivity index (χ1n) is 4.32. The summed E-state index contributed by atoms with van der Waals surface area (Å²) in [5.74, 6) is -0.181. The number of ether oxygens (including phenoxy) is 1. The second-order valence-electron chi connectivity index (χ2n) is 2.99. The van der Waals surface area contributed by atoms with Crippen LogP contribution in [0, 0.1) is 0 Å². The molecule has 1 aromatic carbocycles. The number of methoxy groups -OCH3 is 1. The van der Waals surface area contributed by atoms with Crippen molar-refractivity contribution in [1.29, 1.82) is 0 Å². The summed E-state index contributed by atoms with van der Waals surface area (Å²) in [5.41, 5.74) is 0.118. The minimum atomic E-state index is -1.34. The predicted molar refractivity (Wildman–Crippen MR) is 58.1 cm³/mol. The van der Waals surface area contributed by atoms with Crippen molar-refractivity contribution in [3.05, 3.63) is 28.8 Å². The van der Waals surface area contributed by atoms with Crippen LogP contribution in [-0.2, 0) is 0 Å². The molecule has 0 spiro atoms. The van der Waals surface area contributed by atoms with Gasteiger partial charge in [-0.15, -0.1) is 0 Å². The van der Waals surface area contributed by atoms with Crippen LogP contribution in [0.15, 0.2) is 18.2 Å². The molecule has 2 amide bonds. The summed E-state index contributed by atoms with van der Waals surface area (Å²) < 4.78 is 4.91. The molecule has 1 N–H and O–H groups in total. The zero-order valence-corrected chi connectivity index (χ0v) is 9.49. The highest BCUT2D eigenvalue weighted by atomic mass is 35.5. The van der Waals surface area contributed by atoms with Crippen molar-refractivity contribution < 1.29 is 19.4 Å². The van der Waals surface area contributed by atoms with Crippen LogP contribution in [0.5, 0.6) is 5.75 Å². The topological polar surface area (TPSA) is 66.8 Å². The highest BCUT2D eigenvalue weighted by molar-refractivity contribution is 6.34. The molecule has 0 aliphatic carbocycles. The Kier molecular flexibility index (Phi) is 3.73. The summed E-state index contributed by atoms with van der Waals surface area (Å²) in [6.07, 6.45) is -1.34. The summed E-state index contributed by atoms with van der Waals surface area (Å²) >= 11 is 5.83. The van der Waals surface area contributed by atoms with E-state index in [1.54, 1.807) is 0 Å². The molecular formula is C10H10ClNO4. The van der Waals surface area contributed by atoms with Gasteiger partial charge in [-0.2, -0.15) is 0 Å². The van der Waals surface area contributed by atoms with Crippen LogP contribution in [-0.4, -0.2) is 36.2 Å². The molecule has 1 rings (SSSR count). The fraction of sp³-hybridized carbons (Fsp3) is 0.200. The van der Waals surface area contributed by atoms with Gasteiger partial charge in [-0.05, 0) is 18.2 Å². The van der Waals surface area contributed by atoms with E-state index >= 15 is 0 Å². The summed E-state index contributed by atoms with van der Waals surface area (Å²) in [6, 6.07) is 4.40. The third-order valence-corrected chi connectivity index (χ3v) is 2.31. The summed E-state index contributed by atoms with van der Waals surface area (Å²) in [5, 5.41) is 8.79. The maximum atomic E-state index is 11.6. The summed E-state index contributed by atoms with van der Waals surface area (Å²) in [6.45, 7) is 0. The minimum absolute atomic E-state index is 0.118. The monoisotopic (exact) mass is 243 g/mol. The Morgan fingerprint density at radius 3 is 2.50 bits per heavy atom. The van der Waals surface area contributed by atoms with Crippen molar-refractivity contribution >= 4 is 23.6 Å². The molecule has 0 aliphatic rings. The lowest BCUT2D eigenvalue weighted by molar-refractivity contribution is 0.0782. The van der Waals surface area contributed by atoms with Crippen LogP contribution in [0.3, 0.4) is 0 Å². The lowest BCUT2D eigenvalue weighted by Gasteiger charge is -2.12. The first kappa shape index (κ1) is 12.3. The van der Waals surface area contributed by atoms with Crippen LogP contribution < -0.4 is 4.74 Å². The molecule has 0 saturated heterocycles. The number of halogens is 1. The van der Waals surface area contributed by atoms with Gasteiger partial charge in [0, 0.05) is 7.05 Å². The highest BCUT2D eigenvalue weighted by Gasteiger charge is 2.20. The zero-order chi connectivity index (χ0) is 12.3. The van der Waals surface area contributed by atoms with Gasteiger partial charge in [0.25, 0.3) is 5.91 Å². The Morgan fingerprint density at radius 2 is 2.06 bits per heavy atom. The number of hydrogen-bond donors (Lipinski definition) is 1. The summed E-state index contributed by atoms with van der Waals surface area (Å²) in [7, 11) is 2.63. The number of amides is 2. The van der Waals surface area contributed by atoms with Gasteiger partial charge in [-0.3, -0.25) is 4.79 Å². The fourth-order valence-corrected chi connectivity index (χ4v) is 1.32. The fourth-order valence-electron chi connectivity index (χ4n) is 1.06. The largest absolute Gasteiger partial charge is 0.497 e. The average Bonchev–Trinajstić information content (AvgIpc) is 2.26. The number of hydrogen-bond acceptors (Lipinski definition) is 3. The van der Waals surface area contributed by atoms with Crippen molar-refractivity contribution in [2.24, 2.45) is 0 Å². The molecule has 16 heavy (non-hydrogen) atoms. The third-order valence-electron chi connectivity index (χ3n) is 2.00.